The van der Waals surface area contributed by atoms with Crippen LogP contribution in [0.4, 0.5) is 4.39 Å². The van der Waals surface area contributed by atoms with Crippen LogP contribution in [0.1, 0.15) is 36.0 Å². The van der Waals surface area contributed by atoms with E-state index in [1.807, 2.05) is 0 Å². The van der Waals surface area contributed by atoms with E-state index in [4.69, 9.17) is 16.7 Å². The van der Waals surface area contributed by atoms with Gasteiger partial charge >= 0.3 is 0 Å². The van der Waals surface area contributed by atoms with Crippen molar-refractivity contribution in [2.45, 2.75) is 24.8 Å². The Hall–Kier alpha value is -0.640. The summed E-state index contributed by atoms with van der Waals surface area (Å²) in [7, 11) is 0. The Morgan fingerprint density at radius 3 is 2.67 bits per heavy atom. The average Bonchev–Trinajstić information content (AvgIpc) is 2.26. The second-order valence-corrected chi connectivity index (χ2v) is 3.84. The van der Waals surface area contributed by atoms with Crippen LogP contribution in [-0.4, -0.2) is 16.8 Å². The first-order valence-electron chi connectivity index (χ1n) is 4.83. The summed E-state index contributed by atoms with van der Waals surface area (Å²) >= 11 is 5.84. The van der Waals surface area contributed by atoms with E-state index in [-0.39, 0.29) is 12.2 Å². The van der Waals surface area contributed by atoms with Gasteiger partial charge in [-0.25, -0.2) is 4.39 Å². The molecule has 1 aromatic carbocycles. The summed E-state index contributed by atoms with van der Waals surface area (Å²) in [6.45, 7) is 1.47. The Morgan fingerprint density at radius 2 is 2.13 bits per heavy atom. The van der Waals surface area contributed by atoms with Crippen LogP contribution >= 0.6 is 11.6 Å². The van der Waals surface area contributed by atoms with Crippen molar-refractivity contribution in [1.82, 2.24) is 0 Å². The number of hydrogen-bond donors (Lipinski definition) is 2. The number of aliphatic hydroxyl groups excluding tert-OH is 2. The monoisotopic (exact) mass is 232 g/mol. The van der Waals surface area contributed by atoms with E-state index in [2.05, 4.69) is 0 Å². The zero-order chi connectivity index (χ0) is 11.4. The van der Waals surface area contributed by atoms with Crippen LogP contribution < -0.4 is 0 Å². The van der Waals surface area contributed by atoms with Gasteiger partial charge in [0.1, 0.15) is 5.82 Å². The molecule has 0 saturated carbocycles. The van der Waals surface area contributed by atoms with E-state index in [1.165, 1.54) is 12.1 Å². The Morgan fingerprint density at radius 1 is 1.47 bits per heavy atom. The highest BCUT2D eigenvalue weighted by molar-refractivity contribution is 6.21. The largest absolute Gasteiger partial charge is 0.394 e. The first-order chi connectivity index (χ1) is 7.11. The van der Waals surface area contributed by atoms with Crippen LogP contribution in [0.2, 0.25) is 0 Å². The van der Waals surface area contributed by atoms with Crippen molar-refractivity contribution < 1.29 is 14.6 Å². The quantitative estimate of drug-likeness (QED) is 0.784. The van der Waals surface area contributed by atoms with Crippen molar-refractivity contribution >= 4 is 11.6 Å². The van der Waals surface area contributed by atoms with E-state index < -0.39 is 17.3 Å². The van der Waals surface area contributed by atoms with Crippen molar-refractivity contribution in [2.24, 2.45) is 0 Å². The first kappa shape index (κ1) is 12.4. The number of alkyl halides is 1. The molecule has 2 N–H and O–H groups in total. The molecule has 0 aliphatic rings. The highest BCUT2D eigenvalue weighted by Crippen LogP contribution is 2.31. The van der Waals surface area contributed by atoms with Crippen molar-refractivity contribution in [2.75, 3.05) is 6.61 Å². The van der Waals surface area contributed by atoms with Gasteiger partial charge in [0.25, 0.3) is 0 Å². The fraction of sp³-hybridized carbons (Fsp3) is 0.455. The summed E-state index contributed by atoms with van der Waals surface area (Å²) in [5, 5.41) is 17.9. The van der Waals surface area contributed by atoms with Gasteiger partial charge in [-0.3, -0.25) is 0 Å². The van der Waals surface area contributed by atoms with Gasteiger partial charge in [0, 0.05) is 5.56 Å². The van der Waals surface area contributed by atoms with E-state index >= 15 is 0 Å². The lowest BCUT2D eigenvalue weighted by atomic mass is 9.98. The zero-order valence-electron chi connectivity index (χ0n) is 8.45. The van der Waals surface area contributed by atoms with Crippen molar-refractivity contribution in [1.29, 1.82) is 0 Å². The number of rotatable bonds is 4. The summed E-state index contributed by atoms with van der Waals surface area (Å²) < 4.78 is 13.5. The van der Waals surface area contributed by atoms with Crippen molar-refractivity contribution in [3.05, 3.63) is 35.1 Å². The minimum atomic E-state index is -0.881. The molecule has 0 radical (unpaired) electrons. The molecule has 2 nitrogen and oxygen atoms in total. The third kappa shape index (κ3) is 2.68. The van der Waals surface area contributed by atoms with Crippen LogP contribution in [-0.2, 0) is 0 Å². The lowest BCUT2D eigenvalue weighted by Gasteiger charge is -2.17. The summed E-state index contributed by atoms with van der Waals surface area (Å²) in [6, 6.07) is 4.41. The predicted octanol–water partition coefficient (Wildman–Crippen LogP) is 2.54. The van der Waals surface area contributed by atoms with Gasteiger partial charge in [-0.05, 0) is 18.1 Å². The second kappa shape index (κ2) is 5.45. The van der Waals surface area contributed by atoms with Crippen LogP contribution in [0.25, 0.3) is 0 Å². The molecule has 0 amide bonds. The smallest absolute Gasteiger partial charge is 0.129 e. The molecule has 0 aliphatic carbocycles. The molecule has 0 saturated heterocycles. The molecule has 84 valence electrons. The lowest BCUT2D eigenvalue weighted by molar-refractivity contribution is 0.167. The van der Waals surface area contributed by atoms with Crippen LogP contribution in [0.5, 0.6) is 0 Å². The number of aliphatic hydroxyl groups is 2. The Labute approximate surface area is 93.3 Å². The molecule has 1 aromatic rings. The number of hydrogen-bond acceptors (Lipinski definition) is 2. The highest BCUT2D eigenvalue weighted by atomic mass is 35.5. The van der Waals surface area contributed by atoms with Gasteiger partial charge in [0.2, 0.25) is 0 Å². The molecule has 15 heavy (non-hydrogen) atoms. The van der Waals surface area contributed by atoms with Crippen LogP contribution in [0.15, 0.2) is 18.2 Å². The van der Waals surface area contributed by atoms with Gasteiger partial charge < -0.3 is 10.2 Å². The van der Waals surface area contributed by atoms with Gasteiger partial charge in [0.15, 0.2) is 0 Å². The van der Waals surface area contributed by atoms with Gasteiger partial charge in [0.05, 0.1) is 18.1 Å². The molecule has 0 fully saturated rings. The van der Waals surface area contributed by atoms with E-state index in [0.717, 1.165) is 0 Å². The molecule has 2 unspecified atom stereocenters. The molecule has 1 rings (SSSR count). The van der Waals surface area contributed by atoms with Gasteiger partial charge in [-0.2, -0.15) is 0 Å². The van der Waals surface area contributed by atoms with E-state index in [1.54, 1.807) is 13.0 Å². The van der Waals surface area contributed by atoms with E-state index in [9.17, 15) is 9.50 Å². The molecular formula is C11H14ClFO2. The van der Waals surface area contributed by atoms with Gasteiger partial charge in [-0.1, -0.05) is 19.1 Å². The normalized spacial score (nSPS) is 15.0. The molecule has 0 bridgehead atoms. The summed E-state index contributed by atoms with van der Waals surface area (Å²) in [5.74, 6) is -0.485. The summed E-state index contributed by atoms with van der Waals surface area (Å²) in [5.41, 5.74) is 0.641. The standard InChI is InChI=1S/C11H14ClFO2/c1-2-10(15)11-7(8(12)6-14)4-3-5-9(11)13/h3-5,8,10,14-15H,2,6H2,1H3. The SMILES string of the molecule is CCC(O)c1c(F)cccc1C(Cl)CO. The molecule has 0 spiro atoms. The number of benzene rings is 1. The van der Waals surface area contributed by atoms with Crippen molar-refractivity contribution in [3.63, 3.8) is 0 Å². The van der Waals surface area contributed by atoms with Crippen LogP contribution in [0, 0.1) is 5.82 Å². The molecule has 0 aliphatic heterocycles. The third-order valence-electron chi connectivity index (χ3n) is 2.30. The molecule has 2 atom stereocenters. The topological polar surface area (TPSA) is 40.5 Å². The number of halogens is 2. The predicted molar refractivity (Wildman–Crippen MR) is 57.3 cm³/mol. The lowest BCUT2D eigenvalue weighted by Crippen LogP contribution is -2.08. The van der Waals surface area contributed by atoms with Gasteiger partial charge in [-0.15, -0.1) is 11.6 Å². The maximum atomic E-state index is 13.5. The molecule has 0 aromatic heterocycles. The highest BCUT2D eigenvalue weighted by Gasteiger charge is 2.19. The fourth-order valence-corrected chi connectivity index (χ4v) is 1.67. The maximum absolute atomic E-state index is 13.5. The third-order valence-corrected chi connectivity index (χ3v) is 2.68. The minimum Gasteiger partial charge on any atom is -0.394 e. The molecular weight excluding hydrogens is 219 g/mol. The Bertz CT molecular complexity index is 330. The van der Waals surface area contributed by atoms with E-state index in [0.29, 0.717) is 12.0 Å². The minimum absolute atomic E-state index is 0.189. The van der Waals surface area contributed by atoms with Crippen molar-refractivity contribution in [3.8, 4) is 0 Å². The Kier molecular flexibility index (Phi) is 4.51. The second-order valence-electron chi connectivity index (χ2n) is 3.32. The Balaban J connectivity index is 3.19. The summed E-state index contributed by atoms with van der Waals surface area (Å²) in [6.07, 6.45) is -0.475. The summed E-state index contributed by atoms with van der Waals surface area (Å²) in [4.78, 5) is 0. The van der Waals surface area contributed by atoms with Crippen LogP contribution in [0.3, 0.4) is 0 Å². The molecule has 0 heterocycles. The zero-order valence-corrected chi connectivity index (χ0v) is 9.21. The molecule has 4 heteroatoms. The fourth-order valence-electron chi connectivity index (χ4n) is 1.48. The maximum Gasteiger partial charge on any atom is 0.129 e. The average molecular weight is 233 g/mol. The first-order valence-corrected chi connectivity index (χ1v) is 5.26.